The summed E-state index contributed by atoms with van der Waals surface area (Å²) in [5.74, 6) is 0.688. The molecule has 0 atom stereocenters. The molecule has 2 aromatic carbocycles. The van der Waals surface area contributed by atoms with Crippen molar-refractivity contribution >= 4 is 27.1 Å². The number of nitrogens with one attached hydrogen (secondary N) is 1. The summed E-state index contributed by atoms with van der Waals surface area (Å²) in [6.07, 6.45) is 0. The second kappa shape index (κ2) is 5.63. The van der Waals surface area contributed by atoms with Crippen LogP contribution in [0.2, 0.25) is 0 Å². The molecule has 0 saturated carbocycles. The molecule has 2 aromatic rings. The summed E-state index contributed by atoms with van der Waals surface area (Å²) in [5.41, 5.74) is 7.90. The van der Waals surface area contributed by atoms with Gasteiger partial charge in [-0.1, -0.05) is 6.07 Å². The van der Waals surface area contributed by atoms with Gasteiger partial charge in [-0.2, -0.15) is 0 Å². The zero-order valence-corrected chi connectivity index (χ0v) is 12.6. The zero-order valence-electron chi connectivity index (χ0n) is 11.8. The van der Waals surface area contributed by atoms with Crippen LogP contribution in [0.15, 0.2) is 41.3 Å². The highest BCUT2D eigenvalue weighted by Gasteiger charge is 2.15. The minimum absolute atomic E-state index is 0.00731. The number of anilines is 3. The largest absolute Gasteiger partial charge is 0.497 e. The van der Waals surface area contributed by atoms with Crippen molar-refractivity contribution in [2.24, 2.45) is 5.14 Å². The first-order valence-electron chi connectivity index (χ1n) is 6.15. The second-order valence-corrected chi connectivity index (χ2v) is 6.12. The lowest BCUT2D eigenvalue weighted by atomic mass is 10.1. The normalized spacial score (nSPS) is 11.2. The lowest BCUT2D eigenvalue weighted by molar-refractivity contribution is 0.415. The lowest BCUT2D eigenvalue weighted by Gasteiger charge is -2.14. The van der Waals surface area contributed by atoms with E-state index in [1.54, 1.807) is 26.2 Å². The average molecular weight is 307 g/mol. The highest BCUT2D eigenvalue weighted by Crippen LogP contribution is 2.29. The number of nitrogens with two attached hydrogens (primary N) is 2. The van der Waals surface area contributed by atoms with Crippen LogP contribution in [-0.2, 0) is 10.0 Å². The van der Waals surface area contributed by atoms with Crippen molar-refractivity contribution in [3.8, 4) is 5.75 Å². The molecule has 0 bridgehead atoms. The van der Waals surface area contributed by atoms with Crippen LogP contribution in [0.4, 0.5) is 17.1 Å². The Labute approximate surface area is 123 Å². The minimum atomic E-state index is -3.83. The third-order valence-electron chi connectivity index (χ3n) is 3.04. The molecule has 0 unspecified atom stereocenters. The van der Waals surface area contributed by atoms with Crippen molar-refractivity contribution in [3.05, 3.63) is 42.0 Å². The van der Waals surface area contributed by atoms with Crippen molar-refractivity contribution in [3.63, 3.8) is 0 Å². The van der Waals surface area contributed by atoms with E-state index >= 15 is 0 Å². The lowest BCUT2D eigenvalue weighted by Crippen LogP contribution is -2.15. The Balaban J connectivity index is 2.47. The topological polar surface area (TPSA) is 107 Å². The number of primary sulfonamides is 1. The summed E-state index contributed by atoms with van der Waals surface area (Å²) in [7, 11) is -2.25. The Morgan fingerprint density at radius 1 is 1.19 bits per heavy atom. The highest BCUT2D eigenvalue weighted by atomic mass is 32.2. The van der Waals surface area contributed by atoms with Crippen LogP contribution < -0.4 is 20.9 Å². The Kier molecular flexibility index (Phi) is 4.06. The number of hydrogen-bond donors (Lipinski definition) is 3. The van der Waals surface area contributed by atoms with Crippen molar-refractivity contribution in [2.75, 3.05) is 18.2 Å². The highest BCUT2D eigenvalue weighted by molar-refractivity contribution is 7.89. The summed E-state index contributed by atoms with van der Waals surface area (Å²) >= 11 is 0. The molecular formula is C14H17N3O3S. The van der Waals surface area contributed by atoms with E-state index in [0.717, 1.165) is 5.69 Å². The third kappa shape index (κ3) is 3.45. The van der Waals surface area contributed by atoms with Gasteiger partial charge in [0, 0.05) is 23.1 Å². The van der Waals surface area contributed by atoms with Gasteiger partial charge in [0.1, 0.15) is 5.75 Å². The summed E-state index contributed by atoms with van der Waals surface area (Å²) in [4.78, 5) is 0.00731. The van der Waals surface area contributed by atoms with Gasteiger partial charge in [0.05, 0.1) is 12.0 Å². The second-order valence-electron chi connectivity index (χ2n) is 4.59. The van der Waals surface area contributed by atoms with E-state index in [1.807, 2.05) is 18.2 Å². The van der Waals surface area contributed by atoms with Gasteiger partial charge in [-0.3, -0.25) is 0 Å². The Hall–Kier alpha value is -2.25. The Bertz CT molecular complexity index is 773. The first-order valence-corrected chi connectivity index (χ1v) is 7.70. The molecule has 7 heteroatoms. The van der Waals surface area contributed by atoms with E-state index < -0.39 is 10.0 Å². The zero-order chi connectivity index (χ0) is 15.6. The van der Waals surface area contributed by atoms with Gasteiger partial charge >= 0.3 is 0 Å². The van der Waals surface area contributed by atoms with E-state index in [4.69, 9.17) is 15.6 Å². The van der Waals surface area contributed by atoms with Crippen LogP contribution in [0.25, 0.3) is 0 Å². The van der Waals surface area contributed by atoms with Crippen LogP contribution in [0.1, 0.15) is 5.56 Å². The maximum atomic E-state index is 11.6. The van der Waals surface area contributed by atoms with Crippen LogP contribution in [0, 0.1) is 6.92 Å². The molecule has 0 saturated heterocycles. The minimum Gasteiger partial charge on any atom is -0.497 e. The predicted molar refractivity (Wildman–Crippen MR) is 83.2 cm³/mol. The fourth-order valence-corrected chi connectivity index (χ4v) is 2.83. The van der Waals surface area contributed by atoms with Crippen LogP contribution in [0.3, 0.4) is 0 Å². The molecule has 0 amide bonds. The van der Waals surface area contributed by atoms with E-state index in [0.29, 0.717) is 22.7 Å². The van der Waals surface area contributed by atoms with Gasteiger partial charge < -0.3 is 15.8 Å². The number of ether oxygens (including phenoxy) is 1. The van der Waals surface area contributed by atoms with Gasteiger partial charge in [0.2, 0.25) is 10.0 Å². The summed E-state index contributed by atoms with van der Waals surface area (Å²) in [6, 6.07) is 10.3. The summed E-state index contributed by atoms with van der Waals surface area (Å²) in [6.45, 7) is 1.67. The molecule has 6 nitrogen and oxygen atoms in total. The monoisotopic (exact) mass is 307 g/mol. The van der Waals surface area contributed by atoms with Crippen molar-refractivity contribution in [1.82, 2.24) is 0 Å². The molecular weight excluding hydrogens is 290 g/mol. The third-order valence-corrected chi connectivity index (χ3v) is 4.07. The summed E-state index contributed by atoms with van der Waals surface area (Å²) in [5, 5.41) is 8.32. The van der Waals surface area contributed by atoms with E-state index in [1.165, 1.54) is 6.07 Å². The van der Waals surface area contributed by atoms with Gasteiger partial charge in [0.25, 0.3) is 0 Å². The molecule has 0 aromatic heterocycles. The number of rotatable bonds is 4. The first-order chi connectivity index (χ1) is 9.81. The number of nitrogen functional groups attached to an aromatic ring is 1. The van der Waals surface area contributed by atoms with Gasteiger partial charge in [-0.25, -0.2) is 13.6 Å². The number of methoxy groups -OCH3 is 1. The molecule has 0 aliphatic rings. The molecule has 0 aliphatic heterocycles. The van der Waals surface area contributed by atoms with Crippen molar-refractivity contribution in [2.45, 2.75) is 11.8 Å². The van der Waals surface area contributed by atoms with E-state index in [2.05, 4.69) is 5.32 Å². The van der Waals surface area contributed by atoms with Crippen molar-refractivity contribution in [1.29, 1.82) is 0 Å². The maximum absolute atomic E-state index is 11.6. The van der Waals surface area contributed by atoms with Gasteiger partial charge in [-0.15, -0.1) is 0 Å². The molecule has 0 heterocycles. The van der Waals surface area contributed by atoms with Gasteiger partial charge in [-0.05, 0) is 36.8 Å². The molecule has 21 heavy (non-hydrogen) atoms. The quantitative estimate of drug-likeness (QED) is 0.749. The Morgan fingerprint density at radius 2 is 1.90 bits per heavy atom. The van der Waals surface area contributed by atoms with E-state index in [9.17, 15) is 8.42 Å². The molecule has 0 fully saturated rings. The van der Waals surface area contributed by atoms with Crippen LogP contribution >= 0.6 is 0 Å². The smallest absolute Gasteiger partial charge is 0.238 e. The molecule has 0 spiro atoms. The molecule has 5 N–H and O–H groups in total. The van der Waals surface area contributed by atoms with Crippen molar-refractivity contribution < 1.29 is 13.2 Å². The average Bonchev–Trinajstić information content (AvgIpc) is 2.41. The summed E-state index contributed by atoms with van der Waals surface area (Å²) < 4.78 is 28.3. The van der Waals surface area contributed by atoms with Gasteiger partial charge in [0.15, 0.2) is 0 Å². The fraction of sp³-hybridized carbons (Fsp3) is 0.143. The number of hydrogen-bond acceptors (Lipinski definition) is 5. The molecule has 2 rings (SSSR count). The molecule has 0 aliphatic carbocycles. The first kappa shape index (κ1) is 15.1. The number of sulfonamides is 1. The molecule has 112 valence electrons. The van der Waals surface area contributed by atoms with Crippen LogP contribution in [0.5, 0.6) is 5.75 Å². The predicted octanol–water partition coefficient (Wildman–Crippen LogP) is 1.98. The fourth-order valence-electron chi connectivity index (χ4n) is 1.99. The standard InChI is InChI=1S/C14H17N3O3S/c1-9-13(6-10(15)7-14(9)21(16,18)19)17-11-4-3-5-12(8-11)20-2/h3-8,17H,15H2,1-2H3,(H2,16,18,19). The number of benzene rings is 2. The van der Waals surface area contributed by atoms with Crippen LogP contribution in [-0.4, -0.2) is 15.5 Å². The van der Waals surface area contributed by atoms with E-state index in [-0.39, 0.29) is 4.90 Å². The SMILES string of the molecule is COc1cccc(Nc2cc(N)cc(S(N)(=O)=O)c2C)c1. The molecule has 0 radical (unpaired) electrons. The Morgan fingerprint density at radius 3 is 2.52 bits per heavy atom. The maximum Gasteiger partial charge on any atom is 0.238 e.